The first kappa shape index (κ1) is 8.02. The SMILES string of the molecule is CN[C@H]1CCCCC[C@H]1O. The van der Waals surface area contributed by atoms with Gasteiger partial charge in [0.1, 0.15) is 0 Å². The summed E-state index contributed by atoms with van der Waals surface area (Å²) in [6, 6.07) is 0.350. The first-order valence-electron chi connectivity index (χ1n) is 4.20. The van der Waals surface area contributed by atoms with Gasteiger partial charge in [-0.25, -0.2) is 0 Å². The van der Waals surface area contributed by atoms with Crippen LogP contribution in [-0.4, -0.2) is 24.3 Å². The Labute approximate surface area is 62.6 Å². The molecular formula is C8H17NO. The summed E-state index contributed by atoms with van der Waals surface area (Å²) in [6.07, 6.45) is 5.76. The van der Waals surface area contributed by atoms with E-state index in [4.69, 9.17) is 0 Å². The average molecular weight is 143 g/mol. The predicted octanol–water partition coefficient (Wildman–Crippen LogP) is 0.899. The summed E-state index contributed by atoms with van der Waals surface area (Å²) in [5.74, 6) is 0. The molecule has 2 nitrogen and oxygen atoms in total. The molecule has 2 atom stereocenters. The van der Waals surface area contributed by atoms with Crippen LogP contribution in [0.1, 0.15) is 32.1 Å². The highest BCUT2D eigenvalue weighted by Crippen LogP contribution is 2.17. The highest BCUT2D eigenvalue weighted by molar-refractivity contribution is 4.76. The fourth-order valence-corrected chi connectivity index (χ4v) is 1.62. The molecule has 1 rings (SSSR count). The maximum absolute atomic E-state index is 9.49. The lowest BCUT2D eigenvalue weighted by Gasteiger charge is -2.18. The first-order chi connectivity index (χ1) is 4.84. The molecule has 0 amide bonds. The largest absolute Gasteiger partial charge is 0.392 e. The van der Waals surface area contributed by atoms with Crippen LogP contribution in [0.2, 0.25) is 0 Å². The predicted molar refractivity (Wildman–Crippen MR) is 41.9 cm³/mol. The molecule has 0 aromatic carbocycles. The Kier molecular flexibility index (Phi) is 3.16. The van der Waals surface area contributed by atoms with Gasteiger partial charge < -0.3 is 10.4 Å². The van der Waals surface area contributed by atoms with E-state index < -0.39 is 0 Å². The van der Waals surface area contributed by atoms with Crippen molar-refractivity contribution in [2.75, 3.05) is 7.05 Å². The lowest BCUT2D eigenvalue weighted by molar-refractivity contribution is 0.124. The van der Waals surface area contributed by atoms with Crippen molar-refractivity contribution < 1.29 is 5.11 Å². The van der Waals surface area contributed by atoms with Crippen LogP contribution in [0.25, 0.3) is 0 Å². The second kappa shape index (κ2) is 3.94. The van der Waals surface area contributed by atoms with Crippen molar-refractivity contribution in [3.63, 3.8) is 0 Å². The average Bonchev–Trinajstić information content (AvgIpc) is 2.13. The summed E-state index contributed by atoms with van der Waals surface area (Å²) in [4.78, 5) is 0. The molecule has 1 saturated carbocycles. The second-order valence-electron chi connectivity index (χ2n) is 3.10. The lowest BCUT2D eigenvalue weighted by Crippen LogP contribution is -2.36. The minimum atomic E-state index is -0.104. The van der Waals surface area contributed by atoms with Crippen LogP contribution < -0.4 is 5.32 Å². The summed E-state index contributed by atoms with van der Waals surface area (Å²) in [7, 11) is 1.93. The van der Waals surface area contributed by atoms with Gasteiger partial charge in [0.05, 0.1) is 6.10 Å². The first-order valence-corrected chi connectivity index (χ1v) is 4.20. The molecule has 2 N–H and O–H groups in total. The number of aliphatic hydroxyl groups excluding tert-OH is 1. The molecule has 0 aliphatic heterocycles. The highest BCUT2D eigenvalue weighted by atomic mass is 16.3. The van der Waals surface area contributed by atoms with Crippen LogP contribution in [0.5, 0.6) is 0 Å². The Balaban J connectivity index is 2.35. The Morgan fingerprint density at radius 1 is 1.20 bits per heavy atom. The van der Waals surface area contributed by atoms with Crippen LogP contribution in [-0.2, 0) is 0 Å². The van der Waals surface area contributed by atoms with Gasteiger partial charge in [0.2, 0.25) is 0 Å². The molecule has 0 unspecified atom stereocenters. The zero-order valence-electron chi connectivity index (χ0n) is 6.64. The van der Waals surface area contributed by atoms with Gasteiger partial charge >= 0.3 is 0 Å². The van der Waals surface area contributed by atoms with E-state index in [1.165, 1.54) is 19.3 Å². The van der Waals surface area contributed by atoms with Crippen molar-refractivity contribution in [1.82, 2.24) is 5.32 Å². The molecule has 1 fully saturated rings. The lowest BCUT2D eigenvalue weighted by atomic mass is 10.1. The van der Waals surface area contributed by atoms with Gasteiger partial charge in [-0.15, -0.1) is 0 Å². The van der Waals surface area contributed by atoms with E-state index >= 15 is 0 Å². The number of hydrogen-bond acceptors (Lipinski definition) is 2. The topological polar surface area (TPSA) is 32.3 Å². The van der Waals surface area contributed by atoms with Crippen molar-refractivity contribution in [3.05, 3.63) is 0 Å². The molecule has 10 heavy (non-hydrogen) atoms. The minimum Gasteiger partial charge on any atom is -0.392 e. The summed E-state index contributed by atoms with van der Waals surface area (Å²) in [6.45, 7) is 0. The van der Waals surface area contributed by atoms with Crippen LogP contribution in [0.3, 0.4) is 0 Å². The number of likely N-dealkylation sites (N-methyl/N-ethyl adjacent to an activating group) is 1. The van der Waals surface area contributed by atoms with Gasteiger partial charge in [0.15, 0.2) is 0 Å². The fraction of sp³-hybridized carbons (Fsp3) is 1.00. The number of hydrogen-bond donors (Lipinski definition) is 2. The van der Waals surface area contributed by atoms with Gasteiger partial charge in [-0.1, -0.05) is 19.3 Å². The molecule has 1 aliphatic rings. The second-order valence-corrected chi connectivity index (χ2v) is 3.10. The molecule has 0 bridgehead atoms. The van der Waals surface area contributed by atoms with Gasteiger partial charge in [0, 0.05) is 6.04 Å². The quantitative estimate of drug-likeness (QED) is 0.534. The Hall–Kier alpha value is -0.0800. The van der Waals surface area contributed by atoms with E-state index in [0.717, 1.165) is 12.8 Å². The number of rotatable bonds is 1. The molecular weight excluding hydrogens is 126 g/mol. The van der Waals surface area contributed by atoms with Crippen molar-refractivity contribution in [2.45, 2.75) is 44.2 Å². The van der Waals surface area contributed by atoms with Crippen molar-refractivity contribution >= 4 is 0 Å². The molecule has 0 heterocycles. The summed E-state index contributed by atoms with van der Waals surface area (Å²) < 4.78 is 0. The third kappa shape index (κ3) is 1.96. The highest BCUT2D eigenvalue weighted by Gasteiger charge is 2.18. The molecule has 2 heteroatoms. The molecule has 0 aromatic heterocycles. The smallest absolute Gasteiger partial charge is 0.0693 e. The van der Waals surface area contributed by atoms with E-state index in [9.17, 15) is 5.11 Å². The van der Waals surface area contributed by atoms with Gasteiger partial charge in [0.25, 0.3) is 0 Å². The zero-order chi connectivity index (χ0) is 7.40. The van der Waals surface area contributed by atoms with E-state index in [0.29, 0.717) is 6.04 Å². The Morgan fingerprint density at radius 3 is 2.60 bits per heavy atom. The van der Waals surface area contributed by atoms with Gasteiger partial charge in [-0.3, -0.25) is 0 Å². The third-order valence-electron chi connectivity index (χ3n) is 2.35. The molecule has 0 spiro atoms. The maximum atomic E-state index is 9.49. The minimum absolute atomic E-state index is 0.104. The Morgan fingerprint density at radius 2 is 1.90 bits per heavy atom. The fourth-order valence-electron chi connectivity index (χ4n) is 1.62. The number of aliphatic hydroxyl groups is 1. The molecule has 1 aliphatic carbocycles. The normalized spacial score (nSPS) is 35.4. The van der Waals surface area contributed by atoms with Gasteiger partial charge in [-0.05, 0) is 19.9 Å². The van der Waals surface area contributed by atoms with E-state index in [-0.39, 0.29) is 6.10 Å². The summed E-state index contributed by atoms with van der Waals surface area (Å²) in [5.41, 5.74) is 0. The number of nitrogens with one attached hydrogen (secondary N) is 1. The van der Waals surface area contributed by atoms with Crippen LogP contribution in [0.4, 0.5) is 0 Å². The van der Waals surface area contributed by atoms with Crippen molar-refractivity contribution in [1.29, 1.82) is 0 Å². The third-order valence-corrected chi connectivity index (χ3v) is 2.35. The van der Waals surface area contributed by atoms with Crippen molar-refractivity contribution in [3.8, 4) is 0 Å². The Bertz CT molecular complexity index is 95.3. The van der Waals surface area contributed by atoms with Crippen LogP contribution >= 0.6 is 0 Å². The van der Waals surface area contributed by atoms with Crippen LogP contribution in [0.15, 0.2) is 0 Å². The van der Waals surface area contributed by atoms with Crippen LogP contribution in [0, 0.1) is 0 Å². The molecule has 0 radical (unpaired) electrons. The van der Waals surface area contributed by atoms with E-state index in [1.54, 1.807) is 0 Å². The van der Waals surface area contributed by atoms with E-state index in [1.807, 2.05) is 7.05 Å². The van der Waals surface area contributed by atoms with Gasteiger partial charge in [-0.2, -0.15) is 0 Å². The zero-order valence-corrected chi connectivity index (χ0v) is 6.64. The maximum Gasteiger partial charge on any atom is 0.0693 e. The monoisotopic (exact) mass is 143 g/mol. The summed E-state index contributed by atoms with van der Waals surface area (Å²) >= 11 is 0. The van der Waals surface area contributed by atoms with E-state index in [2.05, 4.69) is 5.32 Å². The molecule has 0 aromatic rings. The van der Waals surface area contributed by atoms with Crippen molar-refractivity contribution in [2.24, 2.45) is 0 Å². The molecule has 0 saturated heterocycles. The molecule has 60 valence electrons. The standard InChI is InChI=1S/C8H17NO/c1-9-7-5-3-2-4-6-8(7)10/h7-10H,2-6H2,1H3/t7-,8+/m0/s1. The summed E-state index contributed by atoms with van der Waals surface area (Å²) in [5, 5.41) is 12.6.